The highest BCUT2D eigenvalue weighted by molar-refractivity contribution is 5.45. The van der Waals surface area contributed by atoms with Crippen molar-refractivity contribution < 1.29 is 13.5 Å². The first-order chi connectivity index (χ1) is 7.18. The molecule has 0 heterocycles. The Hall–Kier alpha value is -1.16. The molecular formula is C11H15F2NO. The first-order valence-electron chi connectivity index (χ1n) is 4.85. The molecule has 0 saturated carbocycles. The Bertz CT molecular complexity index is 292. The van der Waals surface area contributed by atoms with Crippen LogP contribution >= 0.6 is 0 Å². The maximum absolute atomic E-state index is 11.7. The van der Waals surface area contributed by atoms with E-state index in [1.807, 2.05) is 31.2 Å². The van der Waals surface area contributed by atoms with Gasteiger partial charge in [0.25, 0.3) is 6.43 Å². The number of hydrogen-bond donors (Lipinski definition) is 1. The fourth-order valence-electron chi connectivity index (χ4n) is 1.19. The van der Waals surface area contributed by atoms with Crippen molar-refractivity contribution in [2.45, 2.75) is 13.3 Å². The van der Waals surface area contributed by atoms with Gasteiger partial charge in [-0.1, -0.05) is 12.1 Å². The van der Waals surface area contributed by atoms with Crippen molar-refractivity contribution in [1.29, 1.82) is 0 Å². The van der Waals surface area contributed by atoms with E-state index < -0.39 is 13.0 Å². The smallest absolute Gasteiger partial charge is 0.261 e. The van der Waals surface area contributed by atoms with Gasteiger partial charge in [-0.2, -0.15) is 0 Å². The SMILES string of the molecule is Cc1cccc(NCCOCC(F)F)c1. The summed E-state index contributed by atoms with van der Waals surface area (Å²) in [6.07, 6.45) is -2.39. The van der Waals surface area contributed by atoms with Crippen LogP contribution in [-0.4, -0.2) is 26.2 Å². The van der Waals surface area contributed by atoms with Crippen LogP contribution in [0, 0.1) is 6.92 Å². The van der Waals surface area contributed by atoms with E-state index >= 15 is 0 Å². The van der Waals surface area contributed by atoms with Gasteiger partial charge in [0.15, 0.2) is 0 Å². The highest BCUT2D eigenvalue weighted by atomic mass is 19.3. The zero-order valence-electron chi connectivity index (χ0n) is 8.67. The average molecular weight is 215 g/mol. The minimum absolute atomic E-state index is 0.290. The van der Waals surface area contributed by atoms with Gasteiger partial charge in [0.05, 0.1) is 6.61 Å². The van der Waals surface area contributed by atoms with Crippen LogP contribution in [0.2, 0.25) is 0 Å². The number of halogens is 2. The first-order valence-corrected chi connectivity index (χ1v) is 4.85. The lowest BCUT2D eigenvalue weighted by Crippen LogP contribution is -2.13. The molecule has 1 aromatic carbocycles. The van der Waals surface area contributed by atoms with Crippen molar-refractivity contribution in [2.24, 2.45) is 0 Å². The second-order valence-corrected chi connectivity index (χ2v) is 3.26. The summed E-state index contributed by atoms with van der Waals surface area (Å²) in [6.45, 7) is 2.34. The molecule has 84 valence electrons. The molecule has 0 saturated heterocycles. The molecule has 1 rings (SSSR count). The number of rotatable bonds is 6. The summed E-state index contributed by atoms with van der Waals surface area (Å²) in [7, 11) is 0. The number of hydrogen-bond acceptors (Lipinski definition) is 2. The number of nitrogens with one attached hydrogen (secondary N) is 1. The molecule has 1 aromatic rings. The van der Waals surface area contributed by atoms with Crippen molar-refractivity contribution >= 4 is 5.69 Å². The van der Waals surface area contributed by atoms with Crippen LogP contribution in [0.15, 0.2) is 24.3 Å². The molecule has 0 amide bonds. The van der Waals surface area contributed by atoms with Gasteiger partial charge in [-0.3, -0.25) is 0 Å². The molecule has 0 spiro atoms. The first kappa shape index (κ1) is 11.9. The predicted octanol–water partition coefficient (Wildman–Crippen LogP) is 2.69. The van der Waals surface area contributed by atoms with E-state index in [2.05, 4.69) is 5.32 Å². The van der Waals surface area contributed by atoms with Gasteiger partial charge in [0, 0.05) is 12.2 Å². The van der Waals surface area contributed by atoms with Crippen LogP contribution in [0.1, 0.15) is 5.56 Å². The molecule has 2 nitrogen and oxygen atoms in total. The van der Waals surface area contributed by atoms with Crippen LogP contribution < -0.4 is 5.32 Å². The van der Waals surface area contributed by atoms with Gasteiger partial charge in [0.1, 0.15) is 6.61 Å². The van der Waals surface area contributed by atoms with E-state index in [-0.39, 0.29) is 6.61 Å². The second kappa shape index (κ2) is 6.35. The summed E-state index contributed by atoms with van der Waals surface area (Å²) >= 11 is 0. The lowest BCUT2D eigenvalue weighted by atomic mass is 10.2. The summed E-state index contributed by atoms with van der Waals surface area (Å²) in [5.41, 5.74) is 2.14. The van der Waals surface area contributed by atoms with E-state index in [0.29, 0.717) is 6.54 Å². The molecule has 0 unspecified atom stereocenters. The lowest BCUT2D eigenvalue weighted by molar-refractivity contribution is 0.0215. The van der Waals surface area contributed by atoms with Gasteiger partial charge >= 0.3 is 0 Å². The third-order valence-corrected chi connectivity index (χ3v) is 1.84. The normalized spacial score (nSPS) is 10.7. The van der Waals surface area contributed by atoms with Crippen LogP contribution in [-0.2, 0) is 4.74 Å². The number of anilines is 1. The number of aryl methyl sites for hydroxylation is 1. The van der Waals surface area contributed by atoms with Gasteiger partial charge in [0.2, 0.25) is 0 Å². The molecular weight excluding hydrogens is 200 g/mol. The molecule has 0 fully saturated rings. The number of benzene rings is 1. The van der Waals surface area contributed by atoms with Gasteiger partial charge in [-0.05, 0) is 24.6 Å². The maximum Gasteiger partial charge on any atom is 0.261 e. The largest absolute Gasteiger partial charge is 0.383 e. The average Bonchev–Trinajstić information content (AvgIpc) is 2.17. The molecule has 0 atom stereocenters. The second-order valence-electron chi connectivity index (χ2n) is 3.26. The third kappa shape index (κ3) is 5.32. The monoisotopic (exact) mass is 215 g/mol. The van der Waals surface area contributed by atoms with E-state index in [1.54, 1.807) is 0 Å². The molecule has 0 bridgehead atoms. The van der Waals surface area contributed by atoms with Crippen molar-refractivity contribution in [3.8, 4) is 0 Å². The van der Waals surface area contributed by atoms with Gasteiger partial charge in [-0.25, -0.2) is 8.78 Å². The zero-order valence-corrected chi connectivity index (χ0v) is 8.67. The van der Waals surface area contributed by atoms with Crippen LogP contribution in [0.5, 0.6) is 0 Å². The van der Waals surface area contributed by atoms with Crippen LogP contribution in [0.3, 0.4) is 0 Å². The molecule has 0 aliphatic heterocycles. The Kier molecular flexibility index (Phi) is 5.04. The highest BCUT2D eigenvalue weighted by Crippen LogP contribution is 2.08. The molecule has 4 heteroatoms. The number of ether oxygens (including phenoxy) is 1. The Morgan fingerprint density at radius 1 is 1.40 bits per heavy atom. The van der Waals surface area contributed by atoms with Crippen molar-refractivity contribution in [1.82, 2.24) is 0 Å². The van der Waals surface area contributed by atoms with E-state index in [4.69, 9.17) is 4.74 Å². The van der Waals surface area contributed by atoms with Crippen molar-refractivity contribution in [2.75, 3.05) is 25.1 Å². The van der Waals surface area contributed by atoms with Crippen molar-refractivity contribution in [3.63, 3.8) is 0 Å². The highest BCUT2D eigenvalue weighted by Gasteiger charge is 2.00. The summed E-state index contributed by atoms with van der Waals surface area (Å²) in [6, 6.07) is 7.86. The zero-order chi connectivity index (χ0) is 11.1. The predicted molar refractivity (Wildman–Crippen MR) is 56.5 cm³/mol. The molecule has 1 N–H and O–H groups in total. The minimum atomic E-state index is -2.39. The van der Waals surface area contributed by atoms with Gasteiger partial charge < -0.3 is 10.1 Å². The Balaban J connectivity index is 2.15. The maximum atomic E-state index is 11.7. The summed E-state index contributed by atoms with van der Waals surface area (Å²) in [5, 5.41) is 3.09. The molecule has 15 heavy (non-hydrogen) atoms. The summed E-state index contributed by atoms with van der Waals surface area (Å²) < 4.78 is 28.1. The molecule has 0 aliphatic rings. The fraction of sp³-hybridized carbons (Fsp3) is 0.455. The Morgan fingerprint density at radius 2 is 2.20 bits per heavy atom. The quantitative estimate of drug-likeness (QED) is 0.737. The molecule has 0 aromatic heterocycles. The lowest BCUT2D eigenvalue weighted by Gasteiger charge is -2.07. The Morgan fingerprint density at radius 3 is 2.87 bits per heavy atom. The van der Waals surface area contributed by atoms with Crippen LogP contribution in [0.25, 0.3) is 0 Å². The topological polar surface area (TPSA) is 21.3 Å². The van der Waals surface area contributed by atoms with E-state index in [0.717, 1.165) is 11.3 Å². The van der Waals surface area contributed by atoms with E-state index in [9.17, 15) is 8.78 Å². The summed E-state index contributed by atoms with van der Waals surface area (Å²) in [5.74, 6) is 0. The third-order valence-electron chi connectivity index (χ3n) is 1.84. The molecule has 0 aliphatic carbocycles. The van der Waals surface area contributed by atoms with E-state index in [1.165, 1.54) is 0 Å². The minimum Gasteiger partial charge on any atom is -0.383 e. The number of alkyl halides is 2. The van der Waals surface area contributed by atoms with Crippen LogP contribution in [0.4, 0.5) is 14.5 Å². The van der Waals surface area contributed by atoms with Gasteiger partial charge in [-0.15, -0.1) is 0 Å². The standard InChI is InChI=1S/C11H15F2NO/c1-9-3-2-4-10(7-9)14-5-6-15-8-11(12)13/h2-4,7,11,14H,5-6,8H2,1H3. The summed E-state index contributed by atoms with van der Waals surface area (Å²) in [4.78, 5) is 0. The fourth-order valence-corrected chi connectivity index (χ4v) is 1.19. The molecule has 0 radical (unpaired) electrons. The van der Waals surface area contributed by atoms with Crippen molar-refractivity contribution in [3.05, 3.63) is 29.8 Å². The Labute approximate surface area is 88.3 Å².